The summed E-state index contributed by atoms with van der Waals surface area (Å²) in [7, 11) is 0. The topological polar surface area (TPSA) is 65.6 Å². The summed E-state index contributed by atoms with van der Waals surface area (Å²) in [5, 5.41) is 10.6. The Morgan fingerprint density at radius 2 is 2.04 bits per heavy atom. The van der Waals surface area contributed by atoms with Crippen LogP contribution in [0.2, 0.25) is 0 Å². The number of nitrogens with zero attached hydrogens (tertiary/aromatic N) is 1. The Balaban J connectivity index is 1.70. The number of aromatic amines is 1. The van der Waals surface area contributed by atoms with Gasteiger partial charge in [0, 0.05) is 30.2 Å². The molecule has 1 amide bonds. The van der Waals surface area contributed by atoms with E-state index in [0.717, 1.165) is 23.9 Å². The maximum atomic E-state index is 12.2. The number of carbonyl (C=O) groups excluding carboxylic acids is 1. The van der Waals surface area contributed by atoms with Gasteiger partial charge in [0.2, 0.25) is 0 Å². The number of hydrogen-bond donors (Lipinski definition) is 2. The van der Waals surface area contributed by atoms with Crippen LogP contribution in [0.5, 0.6) is 0 Å². The number of para-hydroxylation sites is 1. The predicted molar refractivity (Wildman–Crippen MR) is 94.0 cm³/mol. The van der Waals surface area contributed by atoms with Crippen LogP contribution < -0.4 is 0 Å². The van der Waals surface area contributed by atoms with Crippen molar-refractivity contribution in [3.8, 4) is 0 Å². The largest absolute Gasteiger partial charge is 0.444 e. The summed E-state index contributed by atoms with van der Waals surface area (Å²) in [5.41, 5.74) is 2.77. The lowest BCUT2D eigenvalue weighted by molar-refractivity contribution is 0.0205. The van der Waals surface area contributed by atoms with E-state index >= 15 is 0 Å². The van der Waals surface area contributed by atoms with Crippen molar-refractivity contribution in [3.05, 3.63) is 35.5 Å². The number of ether oxygens (including phenoxy) is 1. The number of H-pyrrole nitrogens is 1. The molecule has 2 heterocycles. The van der Waals surface area contributed by atoms with Crippen molar-refractivity contribution < 1.29 is 14.6 Å². The highest BCUT2D eigenvalue weighted by atomic mass is 16.6. The zero-order valence-corrected chi connectivity index (χ0v) is 14.6. The Kier molecular flexibility index (Phi) is 4.54. The van der Waals surface area contributed by atoms with Gasteiger partial charge in [-0.2, -0.15) is 0 Å². The molecule has 0 unspecified atom stereocenters. The van der Waals surface area contributed by atoms with Crippen LogP contribution in [-0.2, 0) is 11.3 Å². The highest BCUT2D eigenvalue weighted by molar-refractivity contribution is 5.86. The summed E-state index contributed by atoms with van der Waals surface area (Å²) in [5.74, 6) is 0.423. The highest BCUT2D eigenvalue weighted by Gasteiger charge is 2.28. The average Bonchev–Trinajstić information content (AvgIpc) is 2.97. The Labute approximate surface area is 142 Å². The van der Waals surface area contributed by atoms with Gasteiger partial charge in [0.1, 0.15) is 5.60 Å². The molecule has 5 nitrogen and oxygen atoms in total. The van der Waals surface area contributed by atoms with Gasteiger partial charge in [-0.3, -0.25) is 0 Å². The number of hydrogen-bond acceptors (Lipinski definition) is 3. The van der Waals surface area contributed by atoms with E-state index in [1.807, 2.05) is 32.9 Å². The van der Waals surface area contributed by atoms with Gasteiger partial charge in [-0.25, -0.2) is 4.79 Å². The number of aliphatic hydroxyl groups is 1. The molecule has 2 aromatic rings. The van der Waals surface area contributed by atoms with Gasteiger partial charge in [-0.05, 0) is 45.1 Å². The Morgan fingerprint density at radius 1 is 1.33 bits per heavy atom. The average molecular weight is 330 g/mol. The van der Waals surface area contributed by atoms with Crippen LogP contribution in [0.4, 0.5) is 4.79 Å². The van der Waals surface area contributed by atoms with Gasteiger partial charge < -0.3 is 19.7 Å². The number of fused-ring (bicyclic) bond motifs is 1. The Morgan fingerprint density at radius 3 is 2.67 bits per heavy atom. The summed E-state index contributed by atoms with van der Waals surface area (Å²) in [6.07, 6.45) is 3.69. The number of likely N-dealkylation sites (tertiary alicyclic amines) is 1. The molecular formula is C19H26N2O3. The van der Waals surface area contributed by atoms with E-state index in [1.54, 1.807) is 4.90 Å². The zero-order chi connectivity index (χ0) is 17.3. The van der Waals surface area contributed by atoms with Gasteiger partial charge in [-0.15, -0.1) is 0 Å². The fraction of sp³-hybridized carbons (Fsp3) is 0.526. The smallest absolute Gasteiger partial charge is 0.410 e. The number of piperidine rings is 1. The number of aliphatic hydroxyl groups excluding tert-OH is 1. The number of benzene rings is 1. The Bertz CT molecular complexity index is 722. The molecule has 0 radical (unpaired) electrons. The van der Waals surface area contributed by atoms with E-state index in [4.69, 9.17) is 4.74 Å². The third-order valence-electron chi connectivity index (χ3n) is 4.59. The van der Waals surface area contributed by atoms with Crippen molar-refractivity contribution in [2.75, 3.05) is 13.1 Å². The second kappa shape index (κ2) is 6.48. The van der Waals surface area contributed by atoms with E-state index < -0.39 is 5.60 Å². The third-order valence-corrected chi connectivity index (χ3v) is 4.59. The number of amides is 1. The van der Waals surface area contributed by atoms with Crippen molar-refractivity contribution in [1.29, 1.82) is 0 Å². The molecule has 1 aromatic carbocycles. The van der Waals surface area contributed by atoms with E-state index in [0.29, 0.717) is 19.0 Å². The lowest BCUT2D eigenvalue weighted by Gasteiger charge is -2.33. The van der Waals surface area contributed by atoms with Crippen LogP contribution in [-0.4, -0.2) is 39.8 Å². The lowest BCUT2D eigenvalue weighted by Crippen LogP contribution is -2.41. The molecule has 0 atom stereocenters. The maximum Gasteiger partial charge on any atom is 0.410 e. The molecule has 2 N–H and O–H groups in total. The van der Waals surface area contributed by atoms with Gasteiger partial charge in [0.25, 0.3) is 0 Å². The summed E-state index contributed by atoms with van der Waals surface area (Å²) >= 11 is 0. The van der Waals surface area contributed by atoms with Gasteiger partial charge >= 0.3 is 6.09 Å². The van der Waals surface area contributed by atoms with Gasteiger partial charge in [-0.1, -0.05) is 18.2 Å². The van der Waals surface area contributed by atoms with E-state index in [1.165, 1.54) is 10.9 Å². The van der Waals surface area contributed by atoms with Crippen molar-refractivity contribution in [1.82, 2.24) is 9.88 Å². The summed E-state index contributed by atoms with van der Waals surface area (Å²) < 4.78 is 5.46. The van der Waals surface area contributed by atoms with Crippen LogP contribution in [0.1, 0.15) is 50.7 Å². The minimum atomic E-state index is -0.453. The first-order chi connectivity index (χ1) is 11.4. The van der Waals surface area contributed by atoms with E-state index in [-0.39, 0.29) is 12.7 Å². The summed E-state index contributed by atoms with van der Waals surface area (Å²) in [4.78, 5) is 17.3. The number of aromatic nitrogens is 1. The zero-order valence-electron chi connectivity index (χ0n) is 14.6. The molecule has 1 aromatic heterocycles. The molecule has 1 aliphatic rings. The first-order valence-corrected chi connectivity index (χ1v) is 8.56. The van der Waals surface area contributed by atoms with E-state index in [2.05, 4.69) is 17.2 Å². The maximum absolute atomic E-state index is 12.2. The fourth-order valence-electron chi connectivity index (χ4n) is 3.41. The second-order valence-corrected chi connectivity index (χ2v) is 7.48. The van der Waals surface area contributed by atoms with Crippen LogP contribution in [0.3, 0.4) is 0 Å². The van der Waals surface area contributed by atoms with Gasteiger partial charge in [0.15, 0.2) is 0 Å². The molecular weight excluding hydrogens is 304 g/mol. The van der Waals surface area contributed by atoms with E-state index in [9.17, 15) is 9.90 Å². The monoisotopic (exact) mass is 330 g/mol. The standard InChI is InChI=1S/C19H26N2O3/c1-19(2,3)24-18(23)21-9-7-13(8-10-21)16-11-20-17-14(12-22)5-4-6-15(16)17/h4-6,11,13,20,22H,7-10,12H2,1-3H3. The lowest BCUT2D eigenvalue weighted by atomic mass is 9.89. The molecule has 1 aliphatic heterocycles. The van der Waals surface area contributed by atoms with Gasteiger partial charge in [0.05, 0.1) is 12.1 Å². The first kappa shape index (κ1) is 16.8. The molecule has 3 rings (SSSR count). The molecule has 1 saturated heterocycles. The van der Waals surface area contributed by atoms with Crippen LogP contribution in [0.15, 0.2) is 24.4 Å². The molecule has 130 valence electrons. The normalized spacial score (nSPS) is 16.6. The van der Waals surface area contributed by atoms with Crippen molar-refractivity contribution in [3.63, 3.8) is 0 Å². The number of carbonyl (C=O) groups is 1. The van der Waals surface area contributed by atoms with Crippen molar-refractivity contribution >= 4 is 17.0 Å². The predicted octanol–water partition coefficient (Wildman–Crippen LogP) is 3.77. The molecule has 24 heavy (non-hydrogen) atoms. The third kappa shape index (κ3) is 3.41. The minimum Gasteiger partial charge on any atom is -0.444 e. The first-order valence-electron chi connectivity index (χ1n) is 8.56. The number of nitrogens with one attached hydrogen (secondary N) is 1. The second-order valence-electron chi connectivity index (χ2n) is 7.48. The van der Waals surface area contributed by atoms with Crippen molar-refractivity contribution in [2.45, 2.75) is 51.7 Å². The quantitative estimate of drug-likeness (QED) is 0.881. The minimum absolute atomic E-state index is 0.0361. The summed E-state index contributed by atoms with van der Waals surface area (Å²) in [6, 6.07) is 6.02. The number of rotatable bonds is 2. The molecule has 0 saturated carbocycles. The van der Waals surface area contributed by atoms with Crippen LogP contribution in [0, 0.1) is 0 Å². The Hall–Kier alpha value is -2.01. The van der Waals surface area contributed by atoms with Crippen LogP contribution in [0.25, 0.3) is 10.9 Å². The van der Waals surface area contributed by atoms with Crippen LogP contribution >= 0.6 is 0 Å². The fourth-order valence-corrected chi connectivity index (χ4v) is 3.41. The summed E-state index contributed by atoms with van der Waals surface area (Å²) in [6.45, 7) is 7.14. The molecule has 0 bridgehead atoms. The highest BCUT2D eigenvalue weighted by Crippen LogP contribution is 2.34. The molecule has 0 spiro atoms. The molecule has 0 aliphatic carbocycles. The SMILES string of the molecule is CC(C)(C)OC(=O)N1CCC(c2c[nH]c3c(CO)cccc23)CC1. The molecule has 1 fully saturated rings. The van der Waals surface area contributed by atoms with Crippen molar-refractivity contribution in [2.24, 2.45) is 0 Å². The molecule has 5 heteroatoms.